The van der Waals surface area contributed by atoms with E-state index in [4.69, 9.17) is 0 Å². The maximum absolute atomic E-state index is 13.0. The van der Waals surface area contributed by atoms with Gasteiger partial charge in [-0.25, -0.2) is 12.4 Å². The highest BCUT2D eigenvalue weighted by Gasteiger charge is 2.33. The van der Waals surface area contributed by atoms with Gasteiger partial charge in [-0.1, -0.05) is 24.3 Å². The normalized spacial score (nSPS) is 12.7. The molecule has 114 valence electrons. The van der Waals surface area contributed by atoms with Gasteiger partial charge in [0.05, 0.1) is 16.0 Å². The maximum atomic E-state index is 13.0. The number of nitrogens with zero attached hydrogens (tertiary/aromatic N) is 1. The van der Waals surface area contributed by atoms with E-state index in [0.717, 1.165) is 16.2 Å². The zero-order chi connectivity index (χ0) is 16.0. The van der Waals surface area contributed by atoms with Gasteiger partial charge in [0.25, 0.3) is 10.0 Å². The standard InChI is InChI=1S/C15H10F3NO2S/c16-15(17,18)13-7-4-8-14-12(13)9-10-19(14)22(20,21)11-5-2-1-3-6-11/h1-10H. The van der Waals surface area contributed by atoms with Gasteiger partial charge >= 0.3 is 6.18 Å². The molecule has 3 rings (SSSR count). The van der Waals surface area contributed by atoms with E-state index in [2.05, 4.69) is 0 Å². The molecule has 0 aliphatic rings. The molecule has 0 aliphatic carbocycles. The van der Waals surface area contributed by atoms with Crippen molar-refractivity contribution >= 4 is 20.9 Å². The van der Waals surface area contributed by atoms with Crippen LogP contribution in [0.5, 0.6) is 0 Å². The molecule has 0 bridgehead atoms. The topological polar surface area (TPSA) is 39.1 Å². The molecule has 1 heterocycles. The summed E-state index contributed by atoms with van der Waals surface area (Å²) >= 11 is 0. The van der Waals surface area contributed by atoms with Crippen molar-refractivity contribution in [2.24, 2.45) is 0 Å². The van der Waals surface area contributed by atoms with E-state index in [-0.39, 0.29) is 15.8 Å². The van der Waals surface area contributed by atoms with Crippen molar-refractivity contribution in [3.05, 3.63) is 66.4 Å². The molecule has 0 atom stereocenters. The van der Waals surface area contributed by atoms with Crippen LogP contribution in [0, 0.1) is 0 Å². The minimum Gasteiger partial charge on any atom is -0.241 e. The number of benzene rings is 2. The van der Waals surface area contributed by atoms with Crippen LogP contribution in [0.4, 0.5) is 13.2 Å². The SMILES string of the molecule is O=S(=O)(c1ccccc1)n1ccc2c(C(F)(F)F)cccc21. The van der Waals surface area contributed by atoms with Crippen LogP contribution in [0.15, 0.2) is 65.7 Å². The van der Waals surface area contributed by atoms with Gasteiger partial charge < -0.3 is 0 Å². The van der Waals surface area contributed by atoms with Crippen molar-refractivity contribution in [1.29, 1.82) is 0 Å². The first kappa shape index (κ1) is 14.6. The second kappa shape index (κ2) is 4.88. The monoisotopic (exact) mass is 325 g/mol. The second-order valence-electron chi connectivity index (χ2n) is 4.67. The summed E-state index contributed by atoms with van der Waals surface area (Å²) in [5.74, 6) is 0. The summed E-state index contributed by atoms with van der Waals surface area (Å²) in [4.78, 5) is 0.0184. The smallest absolute Gasteiger partial charge is 0.241 e. The summed E-state index contributed by atoms with van der Waals surface area (Å²) in [5.41, 5.74) is -0.856. The third kappa shape index (κ3) is 2.27. The van der Waals surface area contributed by atoms with Crippen molar-refractivity contribution in [2.75, 3.05) is 0 Å². The van der Waals surface area contributed by atoms with Crippen molar-refractivity contribution in [3.63, 3.8) is 0 Å². The summed E-state index contributed by atoms with van der Waals surface area (Å²) in [6, 6.07) is 12.2. The van der Waals surface area contributed by atoms with Crippen molar-refractivity contribution in [3.8, 4) is 0 Å². The fourth-order valence-corrected chi connectivity index (χ4v) is 3.67. The first-order valence-corrected chi connectivity index (χ1v) is 7.74. The lowest BCUT2D eigenvalue weighted by Crippen LogP contribution is -2.12. The lowest BCUT2D eigenvalue weighted by atomic mass is 10.1. The van der Waals surface area contributed by atoms with E-state index >= 15 is 0 Å². The predicted molar refractivity (Wildman–Crippen MR) is 76.0 cm³/mol. The Morgan fingerprint density at radius 2 is 1.55 bits per heavy atom. The second-order valence-corrected chi connectivity index (χ2v) is 6.48. The number of hydrogen-bond acceptors (Lipinski definition) is 2. The highest BCUT2D eigenvalue weighted by molar-refractivity contribution is 7.90. The predicted octanol–water partition coefficient (Wildman–Crippen LogP) is 3.90. The zero-order valence-corrected chi connectivity index (χ0v) is 11.9. The quantitative estimate of drug-likeness (QED) is 0.717. The highest BCUT2D eigenvalue weighted by atomic mass is 32.2. The van der Waals surface area contributed by atoms with Crippen LogP contribution in [-0.4, -0.2) is 12.4 Å². The van der Waals surface area contributed by atoms with Gasteiger partial charge in [0, 0.05) is 11.6 Å². The minimum absolute atomic E-state index is 0.00122. The molecule has 1 aromatic heterocycles. The summed E-state index contributed by atoms with van der Waals surface area (Å²) in [6.07, 6.45) is -3.40. The van der Waals surface area contributed by atoms with Crippen molar-refractivity contribution < 1.29 is 21.6 Å². The maximum Gasteiger partial charge on any atom is 0.417 e. The van der Waals surface area contributed by atoms with Gasteiger partial charge in [0.2, 0.25) is 0 Å². The molecule has 0 fully saturated rings. The van der Waals surface area contributed by atoms with Gasteiger partial charge in [-0.3, -0.25) is 0 Å². The Kier molecular flexibility index (Phi) is 3.25. The van der Waals surface area contributed by atoms with Crippen LogP contribution >= 0.6 is 0 Å². The Morgan fingerprint density at radius 1 is 0.864 bits per heavy atom. The van der Waals surface area contributed by atoms with E-state index in [1.165, 1.54) is 30.3 Å². The van der Waals surface area contributed by atoms with Crippen LogP contribution in [0.25, 0.3) is 10.9 Å². The fourth-order valence-electron chi connectivity index (χ4n) is 2.31. The van der Waals surface area contributed by atoms with E-state index in [0.29, 0.717) is 0 Å². The van der Waals surface area contributed by atoms with Gasteiger partial charge in [-0.15, -0.1) is 0 Å². The van der Waals surface area contributed by atoms with Gasteiger partial charge in [0.1, 0.15) is 0 Å². The molecule has 0 amide bonds. The first-order valence-electron chi connectivity index (χ1n) is 6.30. The average Bonchev–Trinajstić information content (AvgIpc) is 2.91. The van der Waals surface area contributed by atoms with Crippen molar-refractivity contribution in [2.45, 2.75) is 11.1 Å². The highest BCUT2D eigenvalue weighted by Crippen LogP contribution is 2.35. The largest absolute Gasteiger partial charge is 0.417 e. The van der Waals surface area contributed by atoms with Gasteiger partial charge in [-0.05, 0) is 30.3 Å². The van der Waals surface area contributed by atoms with E-state index in [9.17, 15) is 21.6 Å². The molecule has 0 saturated heterocycles. The number of rotatable bonds is 2. The van der Waals surface area contributed by atoms with Crippen LogP contribution in [-0.2, 0) is 16.2 Å². The molecule has 3 aromatic rings. The third-order valence-corrected chi connectivity index (χ3v) is 5.01. The number of hydrogen-bond donors (Lipinski definition) is 0. The summed E-state index contributed by atoms with van der Waals surface area (Å²) in [5, 5.41) is -0.144. The number of fused-ring (bicyclic) bond motifs is 1. The Morgan fingerprint density at radius 3 is 2.18 bits per heavy atom. The van der Waals surface area contributed by atoms with E-state index < -0.39 is 21.8 Å². The lowest BCUT2D eigenvalue weighted by molar-refractivity contribution is -0.136. The molecule has 3 nitrogen and oxygen atoms in total. The molecule has 22 heavy (non-hydrogen) atoms. The molecule has 0 saturated carbocycles. The fraction of sp³-hybridized carbons (Fsp3) is 0.0667. The number of alkyl halides is 3. The Balaban J connectivity index is 2.27. The molecule has 0 radical (unpaired) electrons. The van der Waals surface area contributed by atoms with Gasteiger partial charge in [-0.2, -0.15) is 13.2 Å². The molecule has 0 aliphatic heterocycles. The molecule has 0 N–H and O–H groups in total. The number of aromatic nitrogens is 1. The minimum atomic E-state index is -4.54. The first-order chi connectivity index (χ1) is 10.3. The lowest BCUT2D eigenvalue weighted by Gasteiger charge is -2.10. The molecular weight excluding hydrogens is 315 g/mol. The third-order valence-electron chi connectivity index (χ3n) is 3.30. The molecule has 0 spiro atoms. The summed E-state index contributed by atoms with van der Waals surface area (Å²) < 4.78 is 64.9. The number of halogens is 3. The van der Waals surface area contributed by atoms with Crippen LogP contribution in [0.2, 0.25) is 0 Å². The van der Waals surface area contributed by atoms with E-state index in [1.54, 1.807) is 18.2 Å². The molecule has 7 heteroatoms. The van der Waals surface area contributed by atoms with E-state index in [1.807, 2.05) is 0 Å². The zero-order valence-electron chi connectivity index (χ0n) is 11.1. The Labute approximate surface area is 124 Å². The molecule has 0 unspecified atom stereocenters. The van der Waals surface area contributed by atoms with Gasteiger partial charge in [0.15, 0.2) is 0 Å². The van der Waals surface area contributed by atoms with Crippen LogP contribution in [0.1, 0.15) is 5.56 Å². The molecular formula is C15H10F3NO2S. The summed E-state index contributed by atoms with van der Waals surface area (Å²) in [6.45, 7) is 0. The Hall–Kier alpha value is -2.28. The van der Waals surface area contributed by atoms with Crippen LogP contribution in [0.3, 0.4) is 0 Å². The van der Waals surface area contributed by atoms with Crippen LogP contribution < -0.4 is 0 Å². The Bertz CT molecular complexity index is 928. The molecule has 2 aromatic carbocycles. The average molecular weight is 325 g/mol. The van der Waals surface area contributed by atoms with Crippen molar-refractivity contribution in [1.82, 2.24) is 3.97 Å². The summed E-state index contributed by atoms with van der Waals surface area (Å²) in [7, 11) is -3.94.